The van der Waals surface area contributed by atoms with E-state index >= 15 is 0 Å². The number of ether oxygens (including phenoxy) is 2. The molecule has 0 heterocycles. The average molecular weight is 273 g/mol. The van der Waals surface area contributed by atoms with E-state index in [-0.39, 0.29) is 11.9 Å². The van der Waals surface area contributed by atoms with Gasteiger partial charge >= 0.3 is 12.1 Å². The highest BCUT2D eigenvalue weighted by molar-refractivity contribution is 5.76. The quantitative estimate of drug-likeness (QED) is 0.551. The molecule has 5 nitrogen and oxygen atoms in total. The minimum atomic E-state index is -0.876. The molecule has 0 spiro atoms. The lowest BCUT2D eigenvalue weighted by atomic mass is 9.81. The maximum atomic E-state index is 12.0. The Hall–Kier alpha value is -1.26. The molecule has 0 aromatic heterocycles. The lowest BCUT2D eigenvalue weighted by molar-refractivity contribution is -0.178. The molecule has 19 heavy (non-hydrogen) atoms. The monoisotopic (exact) mass is 273 g/mol. The van der Waals surface area contributed by atoms with Crippen LogP contribution in [0.15, 0.2) is 0 Å². The SMILES string of the molecule is CCN(CC)C(=O)OC(C)OC(=O)C(C)(C)C(C)C. The minimum absolute atomic E-state index is 0.144. The second-order valence-electron chi connectivity index (χ2n) is 5.41. The van der Waals surface area contributed by atoms with Crippen molar-refractivity contribution in [3.05, 3.63) is 0 Å². The van der Waals surface area contributed by atoms with E-state index in [1.807, 2.05) is 41.5 Å². The van der Waals surface area contributed by atoms with Crippen LogP contribution in [0.2, 0.25) is 0 Å². The van der Waals surface area contributed by atoms with Gasteiger partial charge in [-0.2, -0.15) is 0 Å². The molecule has 5 heteroatoms. The first-order valence-electron chi connectivity index (χ1n) is 6.83. The van der Waals surface area contributed by atoms with Crippen molar-refractivity contribution >= 4 is 12.1 Å². The third-order valence-electron chi connectivity index (χ3n) is 3.53. The first kappa shape index (κ1) is 17.7. The molecule has 0 saturated carbocycles. The Balaban J connectivity index is 4.44. The molecule has 0 rings (SSSR count). The lowest BCUT2D eigenvalue weighted by Crippen LogP contribution is -2.38. The zero-order valence-corrected chi connectivity index (χ0v) is 13.1. The van der Waals surface area contributed by atoms with Crippen molar-refractivity contribution in [2.45, 2.75) is 54.8 Å². The van der Waals surface area contributed by atoms with Gasteiger partial charge in [0.05, 0.1) is 5.41 Å². The van der Waals surface area contributed by atoms with Crippen molar-refractivity contribution in [1.29, 1.82) is 0 Å². The van der Waals surface area contributed by atoms with Crippen LogP contribution < -0.4 is 0 Å². The van der Waals surface area contributed by atoms with E-state index in [9.17, 15) is 9.59 Å². The molecule has 0 aliphatic rings. The van der Waals surface area contributed by atoms with Gasteiger partial charge in [0.25, 0.3) is 0 Å². The van der Waals surface area contributed by atoms with Crippen LogP contribution in [0.25, 0.3) is 0 Å². The van der Waals surface area contributed by atoms with Crippen LogP contribution in [-0.4, -0.2) is 36.3 Å². The van der Waals surface area contributed by atoms with Gasteiger partial charge in [0.15, 0.2) is 0 Å². The average Bonchev–Trinajstić information content (AvgIpc) is 2.29. The maximum Gasteiger partial charge on any atom is 0.412 e. The molecule has 0 radical (unpaired) electrons. The van der Waals surface area contributed by atoms with Gasteiger partial charge in [-0.1, -0.05) is 13.8 Å². The fraction of sp³-hybridized carbons (Fsp3) is 0.857. The smallest absolute Gasteiger partial charge is 0.412 e. The number of carbonyl (C=O) groups excluding carboxylic acids is 2. The molecule has 1 amide bonds. The summed E-state index contributed by atoms with van der Waals surface area (Å²) in [6.07, 6.45) is -1.34. The number of esters is 1. The van der Waals surface area contributed by atoms with E-state index in [2.05, 4.69) is 0 Å². The Morgan fingerprint density at radius 2 is 1.53 bits per heavy atom. The summed E-state index contributed by atoms with van der Waals surface area (Å²) in [6.45, 7) is 13.9. The highest BCUT2D eigenvalue weighted by Gasteiger charge is 2.34. The molecule has 0 saturated heterocycles. The molecule has 1 atom stereocenters. The summed E-state index contributed by atoms with van der Waals surface area (Å²) >= 11 is 0. The van der Waals surface area contributed by atoms with Crippen molar-refractivity contribution in [3.63, 3.8) is 0 Å². The highest BCUT2D eigenvalue weighted by atomic mass is 16.7. The molecular formula is C14H27NO4. The van der Waals surface area contributed by atoms with Gasteiger partial charge in [0.1, 0.15) is 0 Å². The first-order valence-corrected chi connectivity index (χ1v) is 6.83. The molecular weight excluding hydrogens is 246 g/mol. The molecule has 0 N–H and O–H groups in total. The summed E-state index contributed by atoms with van der Waals surface area (Å²) in [4.78, 5) is 25.2. The zero-order chi connectivity index (χ0) is 15.2. The van der Waals surface area contributed by atoms with Crippen molar-refractivity contribution in [2.24, 2.45) is 11.3 Å². The Morgan fingerprint density at radius 3 is 1.89 bits per heavy atom. The van der Waals surface area contributed by atoms with E-state index in [0.29, 0.717) is 13.1 Å². The van der Waals surface area contributed by atoms with Crippen LogP contribution in [0.1, 0.15) is 48.5 Å². The van der Waals surface area contributed by atoms with Gasteiger partial charge in [-0.3, -0.25) is 4.79 Å². The molecule has 0 aromatic carbocycles. The summed E-state index contributed by atoms with van der Waals surface area (Å²) in [6, 6.07) is 0. The van der Waals surface area contributed by atoms with Crippen LogP contribution in [-0.2, 0) is 14.3 Å². The van der Waals surface area contributed by atoms with E-state index < -0.39 is 17.8 Å². The summed E-state index contributed by atoms with van der Waals surface area (Å²) in [7, 11) is 0. The van der Waals surface area contributed by atoms with Crippen LogP contribution in [0.3, 0.4) is 0 Å². The van der Waals surface area contributed by atoms with E-state index in [1.165, 1.54) is 4.90 Å². The van der Waals surface area contributed by atoms with Crippen LogP contribution in [0.4, 0.5) is 4.79 Å². The second-order valence-corrected chi connectivity index (χ2v) is 5.41. The topological polar surface area (TPSA) is 55.8 Å². The van der Waals surface area contributed by atoms with Gasteiger partial charge in [-0.05, 0) is 33.6 Å². The summed E-state index contributed by atoms with van der Waals surface area (Å²) in [5.41, 5.74) is -0.601. The van der Waals surface area contributed by atoms with Crippen LogP contribution >= 0.6 is 0 Å². The predicted octanol–water partition coefficient (Wildman–Crippen LogP) is 3.04. The summed E-state index contributed by atoms with van der Waals surface area (Å²) < 4.78 is 10.3. The van der Waals surface area contributed by atoms with E-state index in [0.717, 1.165) is 0 Å². The van der Waals surface area contributed by atoms with Crippen molar-refractivity contribution in [3.8, 4) is 0 Å². The van der Waals surface area contributed by atoms with E-state index in [4.69, 9.17) is 9.47 Å². The molecule has 112 valence electrons. The number of hydrogen-bond acceptors (Lipinski definition) is 4. The lowest BCUT2D eigenvalue weighted by Gasteiger charge is -2.28. The summed E-state index contributed by atoms with van der Waals surface area (Å²) in [5, 5.41) is 0. The molecule has 0 aromatic rings. The van der Waals surface area contributed by atoms with Crippen LogP contribution in [0.5, 0.6) is 0 Å². The second kappa shape index (κ2) is 7.36. The van der Waals surface area contributed by atoms with Crippen LogP contribution in [0, 0.1) is 11.3 Å². The fourth-order valence-corrected chi connectivity index (χ4v) is 1.26. The van der Waals surface area contributed by atoms with Crippen molar-refractivity contribution in [2.75, 3.05) is 13.1 Å². The van der Waals surface area contributed by atoms with Gasteiger partial charge in [0, 0.05) is 20.0 Å². The number of carbonyl (C=O) groups is 2. The Bertz CT molecular complexity index is 309. The molecule has 1 unspecified atom stereocenters. The third-order valence-corrected chi connectivity index (χ3v) is 3.53. The molecule has 0 aliphatic heterocycles. The van der Waals surface area contributed by atoms with Crippen molar-refractivity contribution in [1.82, 2.24) is 4.90 Å². The highest BCUT2D eigenvalue weighted by Crippen LogP contribution is 2.28. The standard InChI is InChI=1S/C14H27NO4/c1-8-15(9-2)13(17)19-11(5)18-12(16)14(6,7)10(3)4/h10-11H,8-9H2,1-7H3. The molecule has 0 bridgehead atoms. The van der Waals surface area contributed by atoms with Gasteiger partial charge in [0.2, 0.25) is 6.29 Å². The van der Waals surface area contributed by atoms with Gasteiger partial charge in [-0.25, -0.2) is 4.79 Å². The normalized spacial score (nSPS) is 13.1. The minimum Gasteiger partial charge on any atom is -0.425 e. The zero-order valence-electron chi connectivity index (χ0n) is 13.1. The Labute approximate surface area is 116 Å². The van der Waals surface area contributed by atoms with Crippen molar-refractivity contribution < 1.29 is 19.1 Å². The first-order chi connectivity index (χ1) is 8.66. The van der Waals surface area contributed by atoms with Gasteiger partial charge < -0.3 is 14.4 Å². The largest absolute Gasteiger partial charge is 0.425 e. The Morgan fingerprint density at radius 1 is 1.05 bits per heavy atom. The number of hydrogen-bond donors (Lipinski definition) is 0. The molecule has 0 aliphatic carbocycles. The maximum absolute atomic E-state index is 12.0. The number of amides is 1. The molecule has 0 fully saturated rings. The predicted molar refractivity (Wildman–Crippen MR) is 73.6 cm³/mol. The fourth-order valence-electron chi connectivity index (χ4n) is 1.26. The number of rotatable bonds is 6. The summed E-state index contributed by atoms with van der Waals surface area (Å²) in [5.74, 6) is -0.215. The third kappa shape index (κ3) is 5.09. The van der Waals surface area contributed by atoms with E-state index in [1.54, 1.807) is 6.92 Å². The van der Waals surface area contributed by atoms with Gasteiger partial charge in [-0.15, -0.1) is 0 Å². The number of nitrogens with zero attached hydrogens (tertiary/aromatic N) is 1. The Kier molecular flexibility index (Phi) is 6.87.